The minimum absolute atomic E-state index is 0. The zero-order chi connectivity index (χ0) is 14.9. The molecule has 0 saturated carbocycles. The van der Waals surface area contributed by atoms with Crippen LogP contribution in [-0.4, -0.2) is 36.5 Å². The number of likely N-dealkylation sites (tertiary alicyclic amines) is 1. The van der Waals surface area contributed by atoms with Crippen LogP contribution >= 0.6 is 12.4 Å². The van der Waals surface area contributed by atoms with Crippen LogP contribution in [0.2, 0.25) is 0 Å². The molecule has 23 heavy (non-hydrogen) atoms. The summed E-state index contributed by atoms with van der Waals surface area (Å²) >= 11 is 0. The summed E-state index contributed by atoms with van der Waals surface area (Å²) in [6, 6.07) is 18.6. The second-order valence-corrected chi connectivity index (χ2v) is 6.23. The predicted molar refractivity (Wildman–Crippen MR) is 94.9 cm³/mol. The Kier molecular flexibility index (Phi) is 4.69. The second kappa shape index (κ2) is 6.73. The van der Waals surface area contributed by atoms with Gasteiger partial charge in [-0.25, -0.2) is 0 Å². The van der Waals surface area contributed by atoms with E-state index in [4.69, 9.17) is 0 Å². The first-order valence-electron chi connectivity index (χ1n) is 8.00. The molecule has 1 amide bonds. The lowest BCUT2D eigenvalue weighted by Crippen LogP contribution is -2.62. The topological polar surface area (TPSA) is 32.3 Å². The number of carbonyl (C=O) groups is 1. The molecule has 4 rings (SSSR count). The summed E-state index contributed by atoms with van der Waals surface area (Å²) in [5.74, 6) is 0.931. The van der Waals surface area contributed by atoms with Crippen molar-refractivity contribution < 1.29 is 4.79 Å². The van der Waals surface area contributed by atoms with E-state index in [-0.39, 0.29) is 18.3 Å². The van der Waals surface area contributed by atoms with Crippen LogP contribution in [0.3, 0.4) is 0 Å². The molecule has 0 spiro atoms. The van der Waals surface area contributed by atoms with E-state index in [1.165, 1.54) is 0 Å². The Labute approximate surface area is 143 Å². The number of hydrogen-bond donors (Lipinski definition) is 1. The molecule has 0 bridgehead atoms. The number of amides is 1. The monoisotopic (exact) mass is 328 g/mol. The maximum absolute atomic E-state index is 13.0. The molecule has 2 aromatic carbocycles. The highest BCUT2D eigenvalue weighted by atomic mass is 35.5. The summed E-state index contributed by atoms with van der Waals surface area (Å²) in [6.45, 7) is 2.84. The lowest BCUT2D eigenvalue weighted by Gasteiger charge is -2.46. The summed E-state index contributed by atoms with van der Waals surface area (Å²) in [7, 11) is 0. The zero-order valence-corrected chi connectivity index (χ0v) is 13.8. The quantitative estimate of drug-likeness (QED) is 0.918. The van der Waals surface area contributed by atoms with E-state index in [1.54, 1.807) is 0 Å². The van der Waals surface area contributed by atoms with Gasteiger partial charge in [-0.2, -0.15) is 0 Å². The number of fused-ring (bicyclic) bond motifs is 1. The Morgan fingerprint density at radius 2 is 1.78 bits per heavy atom. The van der Waals surface area contributed by atoms with Gasteiger partial charge in [-0.3, -0.25) is 4.79 Å². The number of nitrogens with one attached hydrogen (secondary N) is 1. The SMILES string of the molecule is Cl.O=C(c1ccccc1-c1ccccc1)N1CCC2CNC2C1. The highest BCUT2D eigenvalue weighted by molar-refractivity contribution is 6.01. The predicted octanol–water partition coefficient (Wildman–Crippen LogP) is 3.21. The highest BCUT2D eigenvalue weighted by Gasteiger charge is 2.37. The molecule has 120 valence electrons. The van der Waals surface area contributed by atoms with Crippen molar-refractivity contribution in [2.75, 3.05) is 19.6 Å². The summed E-state index contributed by atoms with van der Waals surface area (Å²) < 4.78 is 0. The molecular weight excluding hydrogens is 308 g/mol. The van der Waals surface area contributed by atoms with Crippen LogP contribution in [0.15, 0.2) is 54.6 Å². The Morgan fingerprint density at radius 3 is 2.48 bits per heavy atom. The van der Waals surface area contributed by atoms with Crippen LogP contribution in [0.4, 0.5) is 0 Å². The van der Waals surface area contributed by atoms with Gasteiger partial charge in [0, 0.05) is 24.7 Å². The second-order valence-electron chi connectivity index (χ2n) is 6.23. The molecule has 2 saturated heterocycles. The smallest absolute Gasteiger partial charge is 0.254 e. The van der Waals surface area contributed by atoms with E-state index >= 15 is 0 Å². The van der Waals surface area contributed by atoms with Gasteiger partial charge in [-0.1, -0.05) is 48.5 Å². The van der Waals surface area contributed by atoms with Crippen molar-refractivity contribution in [3.8, 4) is 11.1 Å². The van der Waals surface area contributed by atoms with Crippen LogP contribution in [0, 0.1) is 5.92 Å². The summed E-state index contributed by atoms with van der Waals surface area (Å²) in [6.07, 6.45) is 1.12. The largest absolute Gasteiger partial charge is 0.337 e. The first-order chi connectivity index (χ1) is 10.8. The van der Waals surface area contributed by atoms with Crippen LogP contribution < -0.4 is 5.32 Å². The highest BCUT2D eigenvalue weighted by Crippen LogP contribution is 2.28. The molecule has 2 heterocycles. The van der Waals surface area contributed by atoms with Gasteiger partial charge < -0.3 is 10.2 Å². The molecule has 2 aliphatic heterocycles. The molecular formula is C19H21ClN2O. The van der Waals surface area contributed by atoms with Gasteiger partial charge in [-0.15, -0.1) is 12.4 Å². The van der Waals surface area contributed by atoms with Crippen molar-refractivity contribution in [2.45, 2.75) is 12.5 Å². The normalized spacial score (nSPS) is 22.5. The van der Waals surface area contributed by atoms with E-state index in [0.717, 1.165) is 48.7 Å². The summed E-state index contributed by atoms with van der Waals surface area (Å²) in [5.41, 5.74) is 2.94. The number of halogens is 1. The molecule has 0 radical (unpaired) electrons. The van der Waals surface area contributed by atoms with Crippen LogP contribution in [0.5, 0.6) is 0 Å². The molecule has 0 aromatic heterocycles. The number of hydrogen-bond acceptors (Lipinski definition) is 2. The van der Waals surface area contributed by atoms with Gasteiger partial charge in [0.05, 0.1) is 0 Å². The molecule has 3 nitrogen and oxygen atoms in total. The molecule has 2 aromatic rings. The molecule has 4 heteroatoms. The van der Waals surface area contributed by atoms with Gasteiger partial charge in [0.2, 0.25) is 0 Å². The van der Waals surface area contributed by atoms with Crippen molar-refractivity contribution in [1.29, 1.82) is 0 Å². The fourth-order valence-electron chi connectivity index (χ4n) is 3.51. The fourth-order valence-corrected chi connectivity index (χ4v) is 3.51. The van der Waals surface area contributed by atoms with Crippen LogP contribution in [-0.2, 0) is 0 Å². The molecule has 2 fully saturated rings. The lowest BCUT2D eigenvalue weighted by atomic mass is 9.84. The van der Waals surface area contributed by atoms with Crippen molar-refractivity contribution in [1.82, 2.24) is 10.2 Å². The Bertz CT molecular complexity index is 689. The average Bonchev–Trinajstić information content (AvgIpc) is 2.56. The average molecular weight is 329 g/mol. The third-order valence-electron chi connectivity index (χ3n) is 4.93. The first kappa shape index (κ1) is 16.0. The van der Waals surface area contributed by atoms with E-state index in [9.17, 15) is 4.79 Å². The van der Waals surface area contributed by atoms with Crippen molar-refractivity contribution in [2.24, 2.45) is 5.92 Å². The van der Waals surface area contributed by atoms with Crippen molar-refractivity contribution >= 4 is 18.3 Å². The van der Waals surface area contributed by atoms with E-state index in [0.29, 0.717) is 6.04 Å². The zero-order valence-electron chi connectivity index (χ0n) is 12.9. The standard InChI is InChI=1S/C19H20N2O.ClH/c22-19(21-11-10-15-12-20-18(15)13-21)17-9-5-4-8-16(17)14-6-2-1-3-7-14;/h1-9,15,18,20H,10-13H2;1H. The molecule has 2 unspecified atom stereocenters. The van der Waals surface area contributed by atoms with E-state index in [2.05, 4.69) is 17.4 Å². The molecule has 1 N–H and O–H groups in total. The minimum atomic E-state index is 0. The number of piperidine rings is 1. The molecule has 2 atom stereocenters. The maximum atomic E-state index is 13.0. The fraction of sp³-hybridized carbons (Fsp3) is 0.316. The van der Waals surface area contributed by atoms with Crippen LogP contribution in [0.25, 0.3) is 11.1 Å². The first-order valence-corrected chi connectivity index (χ1v) is 8.00. The van der Waals surface area contributed by atoms with Crippen molar-refractivity contribution in [3.05, 3.63) is 60.2 Å². The van der Waals surface area contributed by atoms with Crippen LogP contribution in [0.1, 0.15) is 16.8 Å². The van der Waals surface area contributed by atoms with E-state index < -0.39 is 0 Å². The number of carbonyl (C=O) groups excluding carboxylic acids is 1. The Morgan fingerprint density at radius 1 is 1.04 bits per heavy atom. The summed E-state index contributed by atoms with van der Waals surface area (Å²) in [5, 5.41) is 3.44. The third kappa shape index (κ3) is 2.99. The third-order valence-corrected chi connectivity index (χ3v) is 4.93. The van der Waals surface area contributed by atoms with Gasteiger partial charge in [0.1, 0.15) is 0 Å². The lowest BCUT2D eigenvalue weighted by molar-refractivity contribution is 0.0519. The summed E-state index contributed by atoms with van der Waals surface area (Å²) in [4.78, 5) is 15.0. The van der Waals surface area contributed by atoms with E-state index in [1.807, 2.05) is 47.4 Å². The van der Waals surface area contributed by atoms with Gasteiger partial charge in [0.25, 0.3) is 5.91 Å². The van der Waals surface area contributed by atoms with Gasteiger partial charge in [-0.05, 0) is 36.1 Å². The number of nitrogens with zero attached hydrogens (tertiary/aromatic N) is 1. The molecule has 2 aliphatic rings. The number of benzene rings is 2. The van der Waals surface area contributed by atoms with Gasteiger partial charge in [0.15, 0.2) is 0 Å². The minimum Gasteiger partial charge on any atom is -0.337 e. The van der Waals surface area contributed by atoms with Crippen molar-refractivity contribution in [3.63, 3.8) is 0 Å². The Balaban J connectivity index is 0.00000156. The Hall–Kier alpha value is -1.84. The number of rotatable bonds is 2. The maximum Gasteiger partial charge on any atom is 0.254 e. The molecule has 0 aliphatic carbocycles. The van der Waals surface area contributed by atoms with Gasteiger partial charge >= 0.3 is 0 Å².